The van der Waals surface area contributed by atoms with Crippen LogP contribution in [-0.2, 0) is 6.54 Å². The number of aliphatic hydroxyl groups excluding tert-OH is 1. The van der Waals surface area contributed by atoms with E-state index in [4.69, 9.17) is 10.8 Å². The minimum Gasteiger partial charge on any atom is -0.396 e. The van der Waals surface area contributed by atoms with E-state index in [1.54, 1.807) is 6.20 Å². The molecule has 0 saturated carbocycles. The van der Waals surface area contributed by atoms with Gasteiger partial charge in [0.2, 0.25) is 0 Å². The summed E-state index contributed by atoms with van der Waals surface area (Å²) in [6.07, 6.45) is 3.63. The zero-order valence-corrected chi connectivity index (χ0v) is 6.14. The number of aromatic nitrogens is 2. The van der Waals surface area contributed by atoms with Gasteiger partial charge in [0, 0.05) is 31.5 Å². The van der Waals surface area contributed by atoms with E-state index in [-0.39, 0.29) is 18.6 Å². The summed E-state index contributed by atoms with van der Waals surface area (Å²) < 4.78 is 1.99. The molecule has 0 radical (unpaired) electrons. The molecule has 2 heterocycles. The molecule has 0 aliphatic carbocycles. The molecule has 0 bridgehead atoms. The topological polar surface area (TPSA) is 64.1 Å². The number of fused-ring (bicyclic) bond motifs is 1. The first kappa shape index (κ1) is 6.82. The zero-order valence-electron chi connectivity index (χ0n) is 6.14. The summed E-state index contributed by atoms with van der Waals surface area (Å²) >= 11 is 0. The molecule has 1 aromatic heterocycles. The highest BCUT2D eigenvalue weighted by Gasteiger charge is 2.29. The van der Waals surface area contributed by atoms with Gasteiger partial charge in [0.1, 0.15) is 5.82 Å². The number of nitrogens with two attached hydrogens (primary N) is 1. The van der Waals surface area contributed by atoms with E-state index >= 15 is 0 Å². The second-order valence-electron chi connectivity index (χ2n) is 2.91. The molecule has 4 heteroatoms. The highest BCUT2D eigenvalue weighted by Crippen LogP contribution is 2.26. The molecule has 1 aliphatic rings. The molecule has 0 aromatic carbocycles. The summed E-state index contributed by atoms with van der Waals surface area (Å²) in [5.74, 6) is 1.04. The smallest absolute Gasteiger partial charge is 0.126 e. The Kier molecular flexibility index (Phi) is 1.44. The van der Waals surface area contributed by atoms with E-state index in [1.165, 1.54) is 0 Å². The maximum atomic E-state index is 8.91. The van der Waals surface area contributed by atoms with Crippen LogP contribution < -0.4 is 5.73 Å². The largest absolute Gasteiger partial charge is 0.396 e. The summed E-state index contributed by atoms with van der Waals surface area (Å²) in [4.78, 5) is 4.10. The van der Waals surface area contributed by atoms with E-state index in [1.807, 2.05) is 10.8 Å². The van der Waals surface area contributed by atoms with Crippen LogP contribution in [0.25, 0.3) is 0 Å². The van der Waals surface area contributed by atoms with Crippen LogP contribution in [0.4, 0.5) is 0 Å². The maximum absolute atomic E-state index is 8.91. The Morgan fingerprint density at radius 2 is 2.64 bits per heavy atom. The van der Waals surface area contributed by atoms with Gasteiger partial charge in [-0.05, 0) is 0 Å². The lowest BCUT2D eigenvalue weighted by molar-refractivity contribution is 0.207. The first-order valence-electron chi connectivity index (χ1n) is 3.70. The average Bonchev–Trinajstić information content (AvgIpc) is 2.53. The van der Waals surface area contributed by atoms with E-state index in [0.29, 0.717) is 0 Å². The fraction of sp³-hybridized carbons (Fsp3) is 0.571. The average molecular weight is 153 g/mol. The maximum Gasteiger partial charge on any atom is 0.126 e. The van der Waals surface area contributed by atoms with Crippen molar-refractivity contribution in [3.8, 4) is 0 Å². The molecule has 11 heavy (non-hydrogen) atoms. The van der Waals surface area contributed by atoms with Crippen LogP contribution in [0.5, 0.6) is 0 Å². The number of hydrogen-bond acceptors (Lipinski definition) is 3. The van der Waals surface area contributed by atoms with Crippen molar-refractivity contribution in [1.29, 1.82) is 0 Å². The summed E-state index contributed by atoms with van der Waals surface area (Å²) in [6.45, 7) is 0.942. The zero-order chi connectivity index (χ0) is 7.84. The van der Waals surface area contributed by atoms with Crippen LogP contribution in [-0.4, -0.2) is 21.3 Å². The highest BCUT2D eigenvalue weighted by atomic mass is 16.3. The number of nitrogens with zero attached hydrogens (tertiary/aromatic N) is 2. The normalized spacial score (nSPS) is 28.9. The third-order valence-electron chi connectivity index (χ3n) is 2.22. The number of hydrogen-bond donors (Lipinski definition) is 2. The predicted molar refractivity (Wildman–Crippen MR) is 39.7 cm³/mol. The van der Waals surface area contributed by atoms with Gasteiger partial charge in [0.25, 0.3) is 0 Å². The molecule has 3 N–H and O–H groups in total. The van der Waals surface area contributed by atoms with Crippen molar-refractivity contribution < 1.29 is 5.11 Å². The first-order chi connectivity index (χ1) is 5.33. The van der Waals surface area contributed by atoms with Gasteiger partial charge in [-0.1, -0.05) is 0 Å². The van der Waals surface area contributed by atoms with Gasteiger partial charge in [-0.2, -0.15) is 0 Å². The third-order valence-corrected chi connectivity index (χ3v) is 2.22. The predicted octanol–water partition coefficient (Wildman–Crippen LogP) is -0.495. The van der Waals surface area contributed by atoms with Crippen LogP contribution >= 0.6 is 0 Å². The van der Waals surface area contributed by atoms with Gasteiger partial charge in [-0.25, -0.2) is 4.98 Å². The fourth-order valence-electron chi connectivity index (χ4n) is 1.52. The molecule has 2 atom stereocenters. The summed E-state index contributed by atoms with van der Waals surface area (Å²) in [6, 6.07) is -0.0880. The van der Waals surface area contributed by atoms with E-state index < -0.39 is 0 Å². The van der Waals surface area contributed by atoms with Crippen LogP contribution in [0.2, 0.25) is 0 Å². The van der Waals surface area contributed by atoms with Crippen molar-refractivity contribution in [3.05, 3.63) is 18.2 Å². The van der Waals surface area contributed by atoms with Gasteiger partial charge >= 0.3 is 0 Å². The van der Waals surface area contributed by atoms with Gasteiger partial charge in [0.05, 0.1) is 6.04 Å². The molecule has 1 aromatic rings. The van der Waals surface area contributed by atoms with Crippen molar-refractivity contribution in [1.82, 2.24) is 9.55 Å². The number of imidazole rings is 1. The van der Waals surface area contributed by atoms with Crippen LogP contribution in [0.1, 0.15) is 11.9 Å². The van der Waals surface area contributed by atoms with Gasteiger partial charge in [0.15, 0.2) is 0 Å². The Hall–Kier alpha value is -0.870. The quantitative estimate of drug-likeness (QED) is 0.572. The molecule has 4 nitrogen and oxygen atoms in total. The van der Waals surface area contributed by atoms with Crippen molar-refractivity contribution in [3.63, 3.8) is 0 Å². The SMILES string of the molecule is N[C@@H]1c2nccn2C[C@H]1CO. The van der Waals surface area contributed by atoms with Crippen molar-refractivity contribution in [2.24, 2.45) is 11.7 Å². The lowest BCUT2D eigenvalue weighted by Gasteiger charge is -2.08. The van der Waals surface area contributed by atoms with Crippen LogP contribution in [0, 0.1) is 5.92 Å². The van der Waals surface area contributed by atoms with Gasteiger partial charge in [-0.15, -0.1) is 0 Å². The van der Waals surface area contributed by atoms with Crippen LogP contribution in [0.15, 0.2) is 12.4 Å². The van der Waals surface area contributed by atoms with E-state index in [2.05, 4.69) is 4.98 Å². The molecule has 0 spiro atoms. The molecular weight excluding hydrogens is 142 g/mol. The van der Waals surface area contributed by atoms with Crippen LogP contribution in [0.3, 0.4) is 0 Å². The molecule has 0 fully saturated rings. The number of rotatable bonds is 1. The lowest BCUT2D eigenvalue weighted by Crippen LogP contribution is -2.20. The van der Waals surface area contributed by atoms with Crippen molar-refractivity contribution >= 4 is 0 Å². The Labute approximate surface area is 64.7 Å². The highest BCUT2D eigenvalue weighted by molar-refractivity contribution is 5.06. The molecule has 0 unspecified atom stereocenters. The standard InChI is InChI=1S/C7H11N3O/c8-6-5(4-11)3-10-2-1-9-7(6)10/h1-2,5-6,11H,3-4,8H2/t5-,6-/m0/s1. The van der Waals surface area contributed by atoms with Gasteiger partial charge < -0.3 is 15.4 Å². The van der Waals surface area contributed by atoms with Crippen molar-refractivity contribution in [2.75, 3.05) is 6.61 Å². The number of aliphatic hydroxyl groups is 1. The second-order valence-corrected chi connectivity index (χ2v) is 2.91. The Morgan fingerprint density at radius 1 is 1.82 bits per heavy atom. The molecule has 0 saturated heterocycles. The van der Waals surface area contributed by atoms with Gasteiger partial charge in [-0.3, -0.25) is 0 Å². The Bertz CT molecular complexity index is 258. The minimum atomic E-state index is -0.0880. The molecule has 2 rings (SSSR count). The molecule has 1 aliphatic heterocycles. The fourth-order valence-corrected chi connectivity index (χ4v) is 1.52. The molecular formula is C7H11N3O. The summed E-state index contributed by atoms with van der Waals surface area (Å²) in [7, 11) is 0. The second kappa shape index (κ2) is 2.32. The third kappa shape index (κ3) is 0.868. The summed E-state index contributed by atoms with van der Waals surface area (Å²) in [5, 5.41) is 8.91. The Morgan fingerprint density at radius 3 is 3.27 bits per heavy atom. The van der Waals surface area contributed by atoms with Crippen molar-refractivity contribution in [2.45, 2.75) is 12.6 Å². The Balaban J connectivity index is 2.30. The van der Waals surface area contributed by atoms with E-state index in [9.17, 15) is 0 Å². The molecule has 60 valence electrons. The lowest BCUT2D eigenvalue weighted by atomic mass is 10.1. The molecule has 0 amide bonds. The van der Waals surface area contributed by atoms with E-state index in [0.717, 1.165) is 12.4 Å². The summed E-state index contributed by atoms with van der Waals surface area (Å²) in [5.41, 5.74) is 5.80. The minimum absolute atomic E-state index is 0.0880. The first-order valence-corrected chi connectivity index (χ1v) is 3.70. The monoisotopic (exact) mass is 153 g/mol.